The zero-order valence-electron chi connectivity index (χ0n) is 17.1. The number of hydrogen-bond acceptors (Lipinski definition) is 4. The van der Waals surface area contributed by atoms with Crippen molar-refractivity contribution in [2.45, 2.75) is 32.9 Å². The summed E-state index contributed by atoms with van der Waals surface area (Å²) < 4.78 is 6.02. The molecule has 0 saturated carbocycles. The molecule has 3 aromatic carbocycles. The fourth-order valence-corrected chi connectivity index (χ4v) is 2.87. The van der Waals surface area contributed by atoms with Crippen molar-refractivity contribution in [1.29, 1.82) is 0 Å². The van der Waals surface area contributed by atoms with Crippen molar-refractivity contribution in [3.05, 3.63) is 77.9 Å². The average molecular weight is 403 g/mol. The van der Waals surface area contributed by atoms with Crippen molar-refractivity contribution in [2.75, 3.05) is 0 Å². The number of carbonyl (C=O) groups excluding carboxylic acids is 2. The maximum absolute atomic E-state index is 12.0. The highest BCUT2D eigenvalue weighted by atomic mass is 16.5. The highest BCUT2D eigenvalue weighted by Crippen LogP contribution is 2.27. The molecule has 0 spiro atoms. The van der Waals surface area contributed by atoms with Gasteiger partial charge in [0.25, 0.3) is 0 Å². The standard InChI is InChI=1S/C24H25N3O3/c1-3-17(2)26-23(28)24(29)27-25-15-21-20-12-8-7-11-19(20)13-14-22(21)30-16-18-9-5-4-6-10-18/h4-15,17H,3,16H2,1-2H3,(H,26,28)(H,27,29)/b25-15-/t17-/m0/s1. The maximum Gasteiger partial charge on any atom is 0.329 e. The smallest absolute Gasteiger partial charge is 0.329 e. The molecule has 0 unspecified atom stereocenters. The number of benzene rings is 3. The highest BCUT2D eigenvalue weighted by Gasteiger charge is 2.14. The summed E-state index contributed by atoms with van der Waals surface area (Å²) >= 11 is 0. The first-order valence-corrected chi connectivity index (χ1v) is 9.91. The van der Waals surface area contributed by atoms with Crippen LogP contribution in [0.2, 0.25) is 0 Å². The third-order valence-electron chi connectivity index (χ3n) is 4.72. The predicted molar refractivity (Wildman–Crippen MR) is 118 cm³/mol. The van der Waals surface area contributed by atoms with Gasteiger partial charge in [-0.3, -0.25) is 9.59 Å². The maximum atomic E-state index is 12.0. The lowest BCUT2D eigenvalue weighted by molar-refractivity contribution is -0.139. The van der Waals surface area contributed by atoms with Gasteiger partial charge in [-0.25, -0.2) is 5.43 Å². The fourth-order valence-electron chi connectivity index (χ4n) is 2.87. The molecule has 0 fully saturated rings. The Morgan fingerprint density at radius 3 is 2.50 bits per heavy atom. The summed E-state index contributed by atoms with van der Waals surface area (Å²) in [5.41, 5.74) is 4.06. The van der Waals surface area contributed by atoms with Crippen LogP contribution in [0.15, 0.2) is 71.8 Å². The number of nitrogens with zero attached hydrogens (tertiary/aromatic N) is 1. The Balaban J connectivity index is 1.79. The molecule has 2 N–H and O–H groups in total. The van der Waals surface area contributed by atoms with E-state index < -0.39 is 11.8 Å². The number of rotatable bonds is 7. The molecular formula is C24H25N3O3. The molecule has 0 bridgehead atoms. The van der Waals surface area contributed by atoms with Crippen LogP contribution in [0.5, 0.6) is 5.75 Å². The number of amides is 2. The van der Waals surface area contributed by atoms with Gasteiger partial charge in [0.15, 0.2) is 0 Å². The number of hydrazone groups is 1. The molecule has 0 saturated heterocycles. The number of fused-ring (bicyclic) bond motifs is 1. The Morgan fingerprint density at radius 2 is 1.73 bits per heavy atom. The van der Waals surface area contributed by atoms with Crippen molar-refractivity contribution in [1.82, 2.24) is 10.7 Å². The van der Waals surface area contributed by atoms with Crippen LogP contribution >= 0.6 is 0 Å². The first-order valence-electron chi connectivity index (χ1n) is 9.91. The van der Waals surface area contributed by atoms with E-state index in [0.717, 1.165) is 28.3 Å². The minimum atomic E-state index is -0.807. The van der Waals surface area contributed by atoms with Crippen molar-refractivity contribution >= 4 is 28.8 Å². The first-order chi connectivity index (χ1) is 14.6. The van der Waals surface area contributed by atoms with Crippen LogP contribution in [-0.4, -0.2) is 24.1 Å². The summed E-state index contributed by atoms with van der Waals surface area (Å²) in [7, 11) is 0. The summed E-state index contributed by atoms with van der Waals surface area (Å²) in [6.07, 6.45) is 2.25. The molecule has 0 aliphatic rings. The average Bonchev–Trinajstić information content (AvgIpc) is 2.78. The molecule has 3 aromatic rings. The van der Waals surface area contributed by atoms with E-state index in [-0.39, 0.29) is 6.04 Å². The molecule has 0 aliphatic heterocycles. The van der Waals surface area contributed by atoms with Crippen molar-refractivity contribution < 1.29 is 14.3 Å². The summed E-state index contributed by atoms with van der Waals surface area (Å²) in [6, 6.07) is 21.5. The lowest BCUT2D eigenvalue weighted by atomic mass is 10.0. The van der Waals surface area contributed by atoms with Crippen LogP contribution in [0.3, 0.4) is 0 Å². The Labute approximate surface area is 175 Å². The molecule has 0 aromatic heterocycles. The van der Waals surface area contributed by atoms with Gasteiger partial charge in [0.1, 0.15) is 12.4 Å². The second-order valence-corrected chi connectivity index (χ2v) is 6.95. The van der Waals surface area contributed by atoms with E-state index in [2.05, 4.69) is 15.8 Å². The summed E-state index contributed by atoms with van der Waals surface area (Å²) in [6.45, 7) is 4.17. The predicted octanol–water partition coefficient (Wildman–Crippen LogP) is 3.78. The fraction of sp³-hybridized carbons (Fsp3) is 0.208. The van der Waals surface area contributed by atoms with Crippen LogP contribution in [0.4, 0.5) is 0 Å². The molecule has 1 atom stereocenters. The number of nitrogens with one attached hydrogen (secondary N) is 2. The zero-order chi connectivity index (χ0) is 21.3. The van der Waals surface area contributed by atoms with E-state index in [0.29, 0.717) is 12.4 Å². The lowest BCUT2D eigenvalue weighted by Crippen LogP contribution is -2.41. The van der Waals surface area contributed by atoms with Gasteiger partial charge in [-0.2, -0.15) is 5.10 Å². The third kappa shape index (κ3) is 5.44. The molecule has 0 heterocycles. The normalized spacial score (nSPS) is 11.9. The number of ether oxygens (including phenoxy) is 1. The van der Waals surface area contributed by atoms with E-state index in [1.54, 1.807) is 0 Å². The Morgan fingerprint density at radius 1 is 1.00 bits per heavy atom. The van der Waals surface area contributed by atoms with Gasteiger partial charge in [-0.15, -0.1) is 0 Å². The van der Waals surface area contributed by atoms with Crippen molar-refractivity contribution in [3.8, 4) is 5.75 Å². The van der Waals surface area contributed by atoms with E-state index in [1.807, 2.05) is 80.6 Å². The summed E-state index contributed by atoms with van der Waals surface area (Å²) in [5.74, 6) is -0.877. The van der Waals surface area contributed by atoms with Gasteiger partial charge >= 0.3 is 11.8 Å². The van der Waals surface area contributed by atoms with Gasteiger partial charge < -0.3 is 10.1 Å². The van der Waals surface area contributed by atoms with Crippen LogP contribution in [-0.2, 0) is 16.2 Å². The third-order valence-corrected chi connectivity index (χ3v) is 4.72. The van der Waals surface area contributed by atoms with Crippen LogP contribution in [0.1, 0.15) is 31.4 Å². The van der Waals surface area contributed by atoms with E-state index in [9.17, 15) is 9.59 Å². The number of hydrogen-bond donors (Lipinski definition) is 2. The van der Waals surface area contributed by atoms with Gasteiger partial charge in [0.2, 0.25) is 0 Å². The van der Waals surface area contributed by atoms with Crippen LogP contribution < -0.4 is 15.5 Å². The van der Waals surface area contributed by atoms with Crippen LogP contribution in [0, 0.1) is 0 Å². The SMILES string of the molecule is CC[C@H](C)NC(=O)C(=O)N/N=C\c1c(OCc2ccccc2)ccc2ccccc12. The molecule has 6 heteroatoms. The molecule has 30 heavy (non-hydrogen) atoms. The van der Waals surface area contributed by atoms with Gasteiger partial charge in [0, 0.05) is 11.6 Å². The Hall–Kier alpha value is -3.67. The Kier molecular flexibility index (Phi) is 7.16. The molecule has 6 nitrogen and oxygen atoms in total. The van der Waals surface area contributed by atoms with E-state index in [4.69, 9.17) is 4.74 Å². The molecule has 0 radical (unpaired) electrons. The second-order valence-electron chi connectivity index (χ2n) is 6.95. The molecule has 3 rings (SSSR count). The monoisotopic (exact) mass is 403 g/mol. The minimum Gasteiger partial charge on any atom is -0.488 e. The summed E-state index contributed by atoms with van der Waals surface area (Å²) in [4.78, 5) is 23.8. The zero-order valence-corrected chi connectivity index (χ0v) is 17.1. The first kappa shape index (κ1) is 21.0. The van der Waals surface area contributed by atoms with E-state index >= 15 is 0 Å². The number of carbonyl (C=O) groups is 2. The Bertz CT molecular complexity index is 1050. The van der Waals surface area contributed by atoms with Gasteiger partial charge in [-0.05, 0) is 35.7 Å². The van der Waals surface area contributed by atoms with Crippen LogP contribution in [0.25, 0.3) is 10.8 Å². The van der Waals surface area contributed by atoms with E-state index in [1.165, 1.54) is 6.21 Å². The second kappa shape index (κ2) is 10.2. The van der Waals surface area contributed by atoms with Gasteiger partial charge in [0.05, 0.1) is 6.21 Å². The molecule has 154 valence electrons. The topological polar surface area (TPSA) is 79.8 Å². The highest BCUT2D eigenvalue weighted by molar-refractivity contribution is 6.35. The van der Waals surface area contributed by atoms with Gasteiger partial charge in [-0.1, -0.05) is 67.6 Å². The molecular weight excluding hydrogens is 378 g/mol. The minimum absolute atomic E-state index is 0.0803. The summed E-state index contributed by atoms with van der Waals surface area (Å²) in [5, 5.41) is 8.56. The molecule has 2 amide bonds. The quantitative estimate of drug-likeness (QED) is 0.358. The van der Waals surface area contributed by atoms with Crippen molar-refractivity contribution in [3.63, 3.8) is 0 Å². The molecule has 0 aliphatic carbocycles. The lowest BCUT2D eigenvalue weighted by Gasteiger charge is -2.12. The largest absolute Gasteiger partial charge is 0.488 e. The van der Waals surface area contributed by atoms with Crippen molar-refractivity contribution in [2.24, 2.45) is 5.10 Å².